The fraction of sp³-hybridized carbons (Fsp3) is 0.417. The van der Waals surface area contributed by atoms with Gasteiger partial charge in [0, 0.05) is 0 Å². The summed E-state index contributed by atoms with van der Waals surface area (Å²) in [7, 11) is 0. The van der Waals surface area contributed by atoms with Crippen LogP contribution in [0.4, 0.5) is 0 Å². The number of hydrogen-bond donors (Lipinski definition) is 1. The quantitative estimate of drug-likeness (QED) is 0.292. The van der Waals surface area contributed by atoms with E-state index in [0.29, 0.717) is 6.42 Å². The SMILES string of the molecule is C=CC(=O)C(O)(C(=O)C=C)C(CCC)N=C=O. The minimum Gasteiger partial charge on any atom is -0.372 e. The number of isocyanates is 1. The van der Waals surface area contributed by atoms with Gasteiger partial charge in [-0.15, -0.1) is 0 Å². The Kier molecular flexibility index (Phi) is 5.96. The Bertz CT molecular complexity index is 360. The largest absolute Gasteiger partial charge is 0.372 e. The van der Waals surface area contributed by atoms with Crippen molar-refractivity contribution in [3.63, 3.8) is 0 Å². The Balaban J connectivity index is 5.62. The molecule has 0 aromatic heterocycles. The van der Waals surface area contributed by atoms with Crippen LogP contribution >= 0.6 is 0 Å². The molecule has 0 aliphatic rings. The Morgan fingerprint density at radius 2 is 1.88 bits per heavy atom. The molecule has 0 bridgehead atoms. The average Bonchev–Trinajstić information content (AvgIpc) is 2.35. The molecule has 0 rings (SSSR count). The zero-order valence-electron chi connectivity index (χ0n) is 9.68. The number of aliphatic hydroxyl groups is 1. The number of hydrogen-bond acceptors (Lipinski definition) is 5. The molecule has 1 N–H and O–H groups in total. The highest BCUT2D eigenvalue weighted by molar-refractivity contribution is 6.18. The zero-order chi connectivity index (χ0) is 13.5. The van der Waals surface area contributed by atoms with E-state index >= 15 is 0 Å². The first kappa shape index (κ1) is 15.2. The van der Waals surface area contributed by atoms with Crippen molar-refractivity contribution in [2.45, 2.75) is 31.4 Å². The smallest absolute Gasteiger partial charge is 0.235 e. The van der Waals surface area contributed by atoms with Crippen molar-refractivity contribution in [3.8, 4) is 0 Å². The summed E-state index contributed by atoms with van der Waals surface area (Å²) in [5, 5.41) is 10.2. The van der Waals surface area contributed by atoms with Gasteiger partial charge in [0.25, 0.3) is 0 Å². The Labute approximate surface area is 99.5 Å². The highest BCUT2D eigenvalue weighted by Gasteiger charge is 2.47. The van der Waals surface area contributed by atoms with Gasteiger partial charge in [-0.05, 0) is 18.6 Å². The molecule has 0 radical (unpaired) electrons. The molecule has 0 aromatic carbocycles. The number of carbonyl (C=O) groups is 2. The molecule has 1 unspecified atom stereocenters. The maximum atomic E-state index is 11.6. The fourth-order valence-electron chi connectivity index (χ4n) is 1.46. The molecule has 0 amide bonds. The third-order valence-corrected chi connectivity index (χ3v) is 2.37. The van der Waals surface area contributed by atoms with Crippen molar-refractivity contribution in [1.29, 1.82) is 0 Å². The van der Waals surface area contributed by atoms with Crippen molar-refractivity contribution in [3.05, 3.63) is 25.3 Å². The van der Waals surface area contributed by atoms with Crippen LogP contribution in [0.5, 0.6) is 0 Å². The first-order chi connectivity index (χ1) is 7.98. The summed E-state index contributed by atoms with van der Waals surface area (Å²) in [6.45, 7) is 8.19. The summed E-state index contributed by atoms with van der Waals surface area (Å²) >= 11 is 0. The van der Waals surface area contributed by atoms with Gasteiger partial charge < -0.3 is 5.11 Å². The van der Waals surface area contributed by atoms with Crippen LogP contribution in [0.25, 0.3) is 0 Å². The van der Waals surface area contributed by atoms with Crippen LogP contribution in [0.2, 0.25) is 0 Å². The predicted octanol–water partition coefficient (Wildman–Crippen LogP) is 0.732. The molecule has 0 saturated heterocycles. The van der Waals surface area contributed by atoms with Gasteiger partial charge in [-0.2, -0.15) is 4.99 Å². The fourth-order valence-corrected chi connectivity index (χ4v) is 1.46. The van der Waals surface area contributed by atoms with Crippen molar-refractivity contribution in [1.82, 2.24) is 0 Å². The number of nitrogens with zero attached hydrogens (tertiary/aromatic N) is 1. The maximum Gasteiger partial charge on any atom is 0.235 e. The number of carbonyl (C=O) groups excluding carboxylic acids is 3. The number of rotatable bonds is 8. The normalized spacial score (nSPS) is 12.1. The van der Waals surface area contributed by atoms with E-state index in [1.807, 2.05) is 0 Å². The highest BCUT2D eigenvalue weighted by Crippen LogP contribution is 2.22. The molecule has 5 nitrogen and oxygen atoms in total. The summed E-state index contributed by atoms with van der Waals surface area (Å²) in [6.07, 6.45) is 3.64. The first-order valence-corrected chi connectivity index (χ1v) is 5.12. The van der Waals surface area contributed by atoms with Gasteiger partial charge in [-0.3, -0.25) is 9.59 Å². The predicted molar refractivity (Wildman–Crippen MR) is 62.2 cm³/mol. The molecule has 1 atom stereocenters. The third kappa shape index (κ3) is 3.06. The molecular weight excluding hydrogens is 222 g/mol. The first-order valence-electron chi connectivity index (χ1n) is 5.12. The van der Waals surface area contributed by atoms with Gasteiger partial charge in [-0.1, -0.05) is 26.5 Å². The van der Waals surface area contributed by atoms with Crippen molar-refractivity contribution >= 4 is 17.6 Å². The van der Waals surface area contributed by atoms with E-state index in [1.165, 1.54) is 6.08 Å². The molecule has 5 heteroatoms. The second-order valence-electron chi connectivity index (χ2n) is 3.43. The summed E-state index contributed by atoms with van der Waals surface area (Å²) in [5.41, 5.74) is -2.41. The van der Waals surface area contributed by atoms with Crippen LogP contribution in [-0.2, 0) is 14.4 Å². The van der Waals surface area contributed by atoms with E-state index in [-0.39, 0.29) is 6.42 Å². The third-order valence-electron chi connectivity index (χ3n) is 2.37. The van der Waals surface area contributed by atoms with Crippen LogP contribution < -0.4 is 0 Å². The zero-order valence-corrected chi connectivity index (χ0v) is 9.68. The van der Waals surface area contributed by atoms with Crippen molar-refractivity contribution < 1.29 is 19.5 Å². The lowest BCUT2D eigenvalue weighted by atomic mass is 9.83. The van der Waals surface area contributed by atoms with Crippen molar-refractivity contribution in [2.75, 3.05) is 0 Å². The Hall–Kier alpha value is -1.84. The van der Waals surface area contributed by atoms with Crippen molar-refractivity contribution in [2.24, 2.45) is 4.99 Å². The van der Waals surface area contributed by atoms with Crippen LogP contribution in [-0.4, -0.2) is 34.4 Å². The molecule has 0 heterocycles. The molecule has 92 valence electrons. The molecule has 0 saturated carbocycles. The Morgan fingerprint density at radius 1 is 1.41 bits per heavy atom. The maximum absolute atomic E-state index is 11.6. The highest BCUT2D eigenvalue weighted by atomic mass is 16.3. The topological polar surface area (TPSA) is 83.8 Å². The van der Waals surface area contributed by atoms with Gasteiger partial charge in [0.1, 0.15) is 6.04 Å². The van der Waals surface area contributed by atoms with E-state index in [0.717, 1.165) is 12.2 Å². The molecule has 0 fully saturated rings. The summed E-state index contributed by atoms with van der Waals surface area (Å²) in [5.74, 6) is -1.81. The van der Waals surface area contributed by atoms with E-state index in [4.69, 9.17) is 0 Å². The van der Waals surface area contributed by atoms with Crippen LogP contribution in [0.15, 0.2) is 30.3 Å². The summed E-state index contributed by atoms with van der Waals surface area (Å²) in [6, 6.07) is -1.17. The lowest BCUT2D eigenvalue weighted by Gasteiger charge is -2.27. The number of aliphatic imine (C=N–C) groups is 1. The average molecular weight is 237 g/mol. The molecule has 0 aromatic rings. The molecule has 0 aliphatic carbocycles. The second-order valence-corrected chi connectivity index (χ2v) is 3.43. The summed E-state index contributed by atoms with van der Waals surface area (Å²) < 4.78 is 0. The Morgan fingerprint density at radius 3 is 2.18 bits per heavy atom. The van der Waals surface area contributed by atoms with E-state index in [2.05, 4.69) is 18.2 Å². The minimum atomic E-state index is -2.41. The standard InChI is InChI=1S/C12H15NO4/c1-4-7-9(13-8-14)12(17,10(15)5-2)11(16)6-3/h5-6,9,17H,2-4,7H2,1H3. The van der Waals surface area contributed by atoms with Crippen LogP contribution in [0.1, 0.15) is 19.8 Å². The van der Waals surface area contributed by atoms with Crippen LogP contribution in [0.3, 0.4) is 0 Å². The monoisotopic (exact) mass is 237 g/mol. The second kappa shape index (κ2) is 6.68. The lowest BCUT2D eigenvalue weighted by molar-refractivity contribution is -0.147. The number of ketones is 2. The van der Waals surface area contributed by atoms with E-state index in [9.17, 15) is 19.5 Å². The lowest BCUT2D eigenvalue weighted by Crippen LogP contribution is -2.54. The van der Waals surface area contributed by atoms with Gasteiger partial charge in [0.15, 0.2) is 11.6 Å². The molecular formula is C12H15NO4. The van der Waals surface area contributed by atoms with Gasteiger partial charge in [0.2, 0.25) is 11.7 Å². The van der Waals surface area contributed by atoms with Crippen LogP contribution in [0, 0.1) is 0 Å². The molecule has 0 spiro atoms. The van der Waals surface area contributed by atoms with E-state index < -0.39 is 23.2 Å². The summed E-state index contributed by atoms with van der Waals surface area (Å²) in [4.78, 5) is 36.8. The van der Waals surface area contributed by atoms with Gasteiger partial charge in [0.05, 0.1) is 0 Å². The van der Waals surface area contributed by atoms with E-state index in [1.54, 1.807) is 6.92 Å². The van der Waals surface area contributed by atoms with Gasteiger partial charge >= 0.3 is 0 Å². The molecule has 0 aliphatic heterocycles. The minimum absolute atomic E-state index is 0.199. The van der Waals surface area contributed by atoms with Gasteiger partial charge in [-0.25, -0.2) is 4.79 Å². The molecule has 17 heavy (non-hydrogen) atoms.